The highest BCUT2D eigenvalue weighted by molar-refractivity contribution is 14.1. The van der Waals surface area contributed by atoms with Gasteiger partial charge in [-0.1, -0.05) is 12.1 Å². The number of nitrogens with zero attached hydrogens (tertiary/aromatic N) is 7. The number of nitrogens with one attached hydrogen (secondary N) is 2. The Morgan fingerprint density at radius 1 is 1.05 bits per heavy atom. The van der Waals surface area contributed by atoms with E-state index in [1.54, 1.807) is 10.7 Å². The van der Waals surface area contributed by atoms with Crippen molar-refractivity contribution in [3.05, 3.63) is 81.8 Å². The summed E-state index contributed by atoms with van der Waals surface area (Å²) in [6, 6.07) is 14.2. The molecule has 0 radical (unpaired) electrons. The highest BCUT2D eigenvalue weighted by Crippen LogP contribution is 2.36. The van der Waals surface area contributed by atoms with E-state index < -0.39 is 11.9 Å². The van der Waals surface area contributed by atoms with Crippen LogP contribution in [0.1, 0.15) is 35.9 Å². The van der Waals surface area contributed by atoms with Crippen LogP contribution in [0.4, 0.5) is 15.0 Å². The first-order chi connectivity index (χ1) is 20.2. The van der Waals surface area contributed by atoms with E-state index >= 15 is 0 Å². The molecule has 13 heteroatoms. The summed E-state index contributed by atoms with van der Waals surface area (Å²) in [6.07, 6.45) is 4.84. The number of benzene rings is 1. The van der Waals surface area contributed by atoms with Gasteiger partial charge in [-0.3, -0.25) is 4.79 Å². The third kappa shape index (κ3) is 5.08. The Hall–Kier alpha value is -4.40. The lowest BCUT2D eigenvalue weighted by atomic mass is 10.1. The standard InChI is InChI=1S/C29H25FIN9O2/c1-29(9-10-29)36-28(42)38-12-13-39-24(16-38)35-25(17-2-4-19(31)5-3-17)26(39)20-6-7-23-33-22(15-40(23)37-20)34-27(41)18-8-11-32-21(30)14-18/h2-8,11,14-15H,9-10,12-13,16H2,1H3,(H,34,41)(H,36,42). The minimum Gasteiger partial charge on any atom is -0.333 e. The second-order valence-electron chi connectivity index (χ2n) is 10.8. The number of carbonyl (C=O) groups excluding carboxylic acids is 2. The van der Waals surface area contributed by atoms with Crippen LogP contribution < -0.4 is 10.6 Å². The van der Waals surface area contributed by atoms with Crippen molar-refractivity contribution in [3.63, 3.8) is 0 Å². The van der Waals surface area contributed by atoms with E-state index in [0.29, 0.717) is 31.0 Å². The van der Waals surface area contributed by atoms with Gasteiger partial charge in [0.25, 0.3) is 5.91 Å². The van der Waals surface area contributed by atoms with E-state index in [4.69, 9.17) is 10.1 Å². The van der Waals surface area contributed by atoms with E-state index in [2.05, 4.69) is 54.7 Å². The fraction of sp³-hybridized carbons (Fsp3) is 0.241. The summed E-state index contributed by atoms with van der Waals surface area (Å²) >= 11 is 2.27. The smallest absolute Gasteiger partial charge is 0.318 e. The Balaban J connectivity index is 1.23. The van der Waals surface area contributed by atoms with Crippen LogP contribution in [-0.4, -0.2) is 58.1 Å². The molecule has 2 N–H and O–H groups in total. The zero-order valence-electron chi connectivity index (χ0n) is 22.5. The van der Waals surface area contributed by atoms with Gasteiger partial charge in [0.1, 0.15) is 11.5 Å². The molecule has 3 amide bonds. The molecule has 1 saturated carbocycles. The monoisotopic (exact) mass is 677 g/mol. The molecule has 5 heterocycles. The van der Waals surface area contributed by atoms with Gasteiger partial charge in [-0.15, -0.1) is 0 Å². The largest absolute Gasteiger partial charge is 0.333 e. The summed E-state index contributed by atoms with van der Waals surface area (Å²) in [5.41, 5.74) is 3.80. The molecule has 42 heavy (non-hydrogen) atoms. The molecule has 5 aromatic rings. The van der Waals surface area contributed by atoms with E-state index in [1.807, 2.05) is 41.3 Å². The van der Waals surface area contributed by atoms with Gasteiger partial charge in [-0.05, 0) is 72.7 Å². The number of imidazole rings is 2. The summed E-state index contributed by atoms with van der Waals surface area (Å²) in [5.74, 6) is -0.181. The number of hydrogen-bond donors (Lipinski definition) is 2. The van der Waals surface area contributed by atoms with Gasteiger partial charge in [0.2, 0.25) is 5.95 Å². The van der Waals surface area contributed by atoms with Crippen LogP contribution in [0.25, 0.3) is 28.3 Å². The normalized spacial score (nSPS) is 15.4. The van der Waals surface area contributed by atoms with E-state index in [0.717, 1.165) is 45.3 Å². The van der Waals surface area contributed by atoms with Gasteiger partial charge >= 0.3 is 6.03 Å². The summed E-state index contributed by atoms with van der Waals surface area (Å²) in [7, 11) is 0. The maximum absolute atomic E-state index is 13.5. The maximum Gasteiger partial charge on any atom is 0.318 e. The quantitative estimate of drug-likeness (QED) is 0.205. The Labute approximate surface area is 253 Å². The Morgan fingerprint density at radius 2 is 1.86 bits per heavy atom. The number of carbonyl (C=O) groups is 2. The highest BCUT2D eigenvalue weighted by Gasteiger charge is 2.40. The van der Waals surface area contributed by atoms with Crippen LogP contribution in [0.5, 0.6) is 0 Å². The second kappa shape index (κ2) is 10.2. The number of halogens is 2. The third-order valence-electron chi connectivity index (χ3n) is 7.58. The first-order valence-corrected chi connectivity index (χ1v) is 14.5. The number of anilines is 1. The van der Waals surface area contributed by atoms with Crippen molar-refractivity contribution in [2.24, 2.45) is 0 Å². The minimum atomic E-state index is -0.738. The van der Waals surface area contributed by atoms with E-state index in [1.165, 1.54) is 12.3 Å². The number of fused-ring (bicyclic) bond motifs is 2. The average molecular weight is 677 g/mol. The molecule has 1 aliphatic heterocycles. The number of aromatic nitrogens is 6. The van der Waals surface area contributed by atoms with Crippen LogP contribution in [0, 0.1) is 9.52 Å². The number of hydrogen-bond acceptors (Lipinski definition) is 6. The molecule has 0 spiro atoms. The topological polar surface area (TPSA) is 122 Å². The predicted molar refractivity (Wildman–Crippen MR) is 161 cm³/mol. The second-order valence-corrected chi connectivity index (χ2v) is 12.0. The number of pyridine rings is 1. The SMILES string of the molecule is CC1(NC(=O)N2CCn3c(nc(-c4ccc(I)cc4)c3-c3ccc4nc(NC(=O)c5ccnc(F)c5)cn4n3)C2)CC1. The molecular weight excluding hydrogens is 652 g/mol. The highest BCUT2D eigenvalue weighted by atomic mass is 127. The Kier molecular flexibility index (Phi) is 6.40. The molecule has 1 aromatic carbocycles. The lowest BCUT2D eigenvalue weighted by Gasteiger charge is -2.29. The van der Waals surface area contributed by atoms with Crippen molar-refractivity contribution in [3.8, 4) is 22.6 Å². The first kappa shape index (κ1) is 26.5. The van der Waals surface area contributed by atoms with Gasteiger partial charge in [-0.2, -0.15) is 9.49 Å². The maximum atomic E-state index is 13.5. The van der Waals surface area contributed by atoms with Gasteiger partial charge in [0.05, 0.1) is 24.1 Å². The van der Waals surface area contributed by atoms with Crippen molar-refractivity contribution in [2.45, 2.75) is 38.4 Å². The molecule has 212 valence electrons. The minimum absolute atomic E-state index is 0.0661. The average Bonchev–Trinajstić information content (AvgIpc) is 3.38. The zero-order valence-corrected chi connectivity index (χ0v) is 24.7. The summed E-state index contributed by atoms with van der Waals surface area (Å²) in [4.78, 5) is 40.3. The van der Waals surface area contributed by atoms with Crippen molar-refractivity contribution in [1.29, 1.82) is 0 Å². The van der Waals surface area contributed by atoms with E-state index in [-0.39, 0.29) is 23.0 Å². The fourth-order valence-electron chi connectivity index (χ4n) is 5.02. The van der Waals surface area contributed by atoms with E-state index in [9.17, 15) is 14.0 Å². The molecule has 7 rings (SSSR count). The Morgan fingerprint density at radius 3 is 2.62 bits per heavy atom. The molecule has 4 aromatic heterocycles. The first-order valence-electron chi connectivity index (χ1n) is 13.5. The summed E-state index contributed by atoms with van der Waals surface area (Å²) in [5, 5.41) is 10.7. The molecule has 2 aliphatic rings. The van der Waals surface area contributed by atoms with Gasteiger partial charge in [0, 0.05) is 45.6 Å². The fourth-order valence-corrected chi connectivity index (χ4v) is 5.38. The molecule has 0 unspecified atom stereocenters. The van der Waals surface area contributed by atoms with Crippen LogP contribution in [0.2, 0.25) is 0 Å². The zero-order chi connectivity index (χ0) is 29.0. The molecule has 0 saturated heterocycles. The van der Waals surface area contributed by atoms with Gasteiger partial charge in [-0.25, -0.2) is 24.3 Å². The number of urea groups is 1. The van der Waals surface area contributed by atoms with Crippen LogP contribution in [0.3, 0.4) is 0 Å². The third-order valence-corrected chi connectivity index (χ3v) is 8.30. The number of amides is 3. The van der Waals surface area contributed by atoms with Crippen LogP contribution in [-0.2, 0) is 13.1 Å². The lowest BCUT2D eigenvalue weighted by Crippen LogP contribution is -2.47. The van der Waals surface area contributed by atoms with Crippen LogP contribution >= 0.6 is 22.6 Å². The number of rotatable bonds is 5. The summed E-state index contributed by atoms with van der Waals surface area (Å²) < 4.78 is 18.3. The molecular formula is C29H25FIN9O2. The van der Waals surface area contributed by atoms with Crippen molar-refractivity contribution < 1.29 is 14.0 Å². The summed E-state index contributed by atoms with van der Waals surface area (Å²) in [6.45, 7) is 3.57. The molecule has 0 bridgehead atoms. The predicted octanol–water partition coefficient (Wildman–Crippen LogP) is 4.73. The lowest BCUT2D eigenvalue weighted by molar-refractivity contribution is 0.102. The Bertz CT molecular complexity index is 1860. The van der Waals surface area contributed by atoms with Crippen molar-refractivity contribution in [1.82, 2.24) is 39.3 Å². The molecule has 1 fully saturated rings. The molecule has 11 nitrogen and oxygen atoms in total. The molecule has 0 atom stereocenters. The van der Waals surface area contributed by atoms with Crippen molar-refractivity contribution in [2.75, 3.05) is 11.9 Å². The van der Waals surface area contributed by atoms with Crippen molar-refractivity contribution >= 4 is 46.0 Å². The molecule has 1 aliphatic carbocycles. The van der Waals surface area contributed by atoms with Gasteiger partial charge < -0.3 is 20.1 Å². The van der Waals surface area contributed by atoms with Gasteiger partial charge in [0.15, 0.2) is 11.5 Å². The van der Waals surface area contributed by atoms with Crippen LogP contribution in [0.15, 0.2) is 60.9 Å².